The summed E-state index contributed by atoms with van der Waals surface area (Å²) in [5.74, 6) is 1.46. The molecule has 2 aromatic carbocycles. The number of benzene rings is 2. The minimum atomic E-state index is -3.32. The summed E-state index contributed by atoms with van der Waals surface area (Å²) in [5.41, 5.74) is 3.29. The number of methoxy groups -OCH3 is 1. The number of anilines is 2. The molecular formula is C18H18N4O3S2. The van der Waals surface area contributed by atoms with E-state index >= 15 is 0 Å². The number of nitrogens with one attached hydrogen (secondary N) is 1. The number of hydrogen-bond donors (Lipinski definition) is 1. The van der Waals surface area contributed by atoms with Gasteiger partial charge in [-0.3, -0.25) is 0 Å². The molecule has 0 bridgehead atoms. The molecule has 0 spiro atoms. The highest BCUT2D eigenvalue weighted by atomic mass is 32.2. The van der Waals surface area contributed by atoms with Gasteiger partial charge in [0.2, 0.25) is 0 Å². The van der Waals surface area contributed by atoms with Crippen molar-refractivity contribution in [1.82, 2.24) is 14.5 Å². The first-order valence-electron chi connectivity index (χ1n) is 8.15. The Bertz CT molecular complexity index is 1290. The Morgan fingerprint density at radius 2 is 1.96 bits per heavy atom. The van der Waals surface area contributed by atoms with Crippen LogP contribution in [-0.2, 0) is 16.9 Å². The van der Waals surface area contributed by atoms with Crippen molar-refractivity contribution in [3.8, 4) is 5.75 Å². The van der Waals surface area contributed by atoms with E-state index < -0.39 is 9.84 Å². The largest absolute Gasteiger partial charge is 0.495 e. The third-order valence-electron chi connectivity index (χ3n) is 4.46. The minimum absolute atomic E-state index is 0.219. The zero-order chi connectivity index (χ0) is 19.3. The zero-order valence-electron chi connectivity index (χ0n) is 15.3. The maximum Gasteiger partial charge on any atom is 0.188 e. The molecule has 0 amide bonds. The lowest BCUT2D eigenvalue weighted by molar-refractivity contribution is 0.416. The summed E-state index contributed by atoms with van der Waals surface area (Å²) in [5, 5.41) is 3.86. The van der Waals surface area contributed by atoms with Gasteiger partial charge in [0.05, 0.1) is 33.4 Å². The highest BCUT2D eigenvalue weighted by Gasteiger charge is 2.16. The van der Waals surface area contributed by atoms with Gasteiger partial charge in [0.25, 0.3) is 0 Å². The zero-order valence-corrected chi connectivity index (χ0v) is 16.9. The predicted octanol–water partition coefficient (Wildman–Crippen LogP) is 3.65. The molecule has 27 heavy (non-hydrogen) atoms. The van der Waals surface area contributed by atoms with Crippen LogP contribution in [0.1, 0.15) is 5.82 Å². The number of sulfone groups is 1. The van der Waals surface area contributed by atoms with Crippen molar-refractivity contribution in [1.29, 1.82) is 0 Å². The van der Waals surface area contributed by atoms with E-state index in [1.807, 2.05) is 30.7 Å². The smallest absolute Gasteiger partial charge is 0.188 e. The fourth-order valence-corrected chi connectivity index (χ4v) is 4.51. The van der Waals surface area contributed by atoms with E-state index in [0.29, 0.717) is 16.6 Å². The number of nitrogens with zero attached hydrogens (tertiary/aromatic N) is 3. The Morgan fingerprint density at radius 3 is 2.67 bits per heavy atom. The molecule has 9 heteroatoms. The highest BCUT2D eigenvalue weighted by Crippen LogP contribution is 2.36. The second-order valence-electron chi connectivity index (χ2n) is 6.28. The van der Waals surface area contributed by atoms with Crippen LogP contribution >= 0.6 is 11.3 Å². The lowest BCUT2D eigenvalue weighted by Crippen LogP contribution is -2.00. The molecule has 2 aromatic heterocycles. The van der Waals surface area contributed by atoms with Crippen LogP contribution in [0.25, 0.3) is 21.3 Å². The molecule has 1 N–H and O–H groups in total. The molecule has 0 aliphatic heterocycles. The van der Waals surface area contributed by atoms with E-state index in [9.17, 15) is 8.42 Å². The predicted molar refractivity (Wildman–Crippen MR) is 108 cm³/mol. The summed E-state index contributed by atoms with van der Waals surface area (Å²) in [6.07, 6.45) is 1.18. The molecule has 0 fully saturated rings. The van der Waals surface area contributed by atoms with E-state index in [-0.39, 0.29) is 4.90 Å². The Kier molecular flexibility index (Phi) is 4.08. The first kappa shape index (κ1) is 17.7. The molecule has 0 aliphatic carbocycles. The first-order valence-corrected chi connectivity index (χ1v) is 10.9. The third-order valence-corrected chi connectivity index (χ3v) is 6.50. The second kappa shape index (κ2) is 6.21. The summed E-state index contributed by atoms with van der Waals surface area (Å²) in [6, 6.07) is 8.70. The lowest BCUT2D eigenvalue weighted by Gasteiger charge is -2.10. The van der Waals surface area contributed by atoms with Crippen molar-refractivity contribution < 1.29 is 13.2 Å². The summed E-state index contributed by atoms with van der Waals surface area (Å²) in [6.45, 7) is 1.96. The summed E-state index contributed by atoms with van der Waals surface area (Å²) in [4.78, 5) is 9.48. The minimum Gasteiger partial charge on any atom is -0.495 e. The van der Waals surface area contributed by atoms with Gasteiger partial charge in [-0.15, -0.1) is 0 Å². The topological polar surface area (TPSA) is 86.1 Å². The number of rotatable bonds is 4. The van der Waals surface area contributed by atoms with Gasteiger partial charge in [0.1, 0.15) is 17.1 Å². The van der Waals surface area contributed by atoms with Crippen LogP contribution < -0.4 is 10.1 Å². The Labute approximate surface area is 160 Å². The maximum absolute atomic E-state index is 11.9. The van der Waals surface area contributed by atoms with E-state index in [4.69, 9.17) is 9.72 Å². The Balaban J connectivity index is 1.83. The molecule has 0 saturated heterocycles. The Hall–Kier alpha value is -2.65. The lowest BCUT2D eigenvalue weighted by atomic mass is 10.3. The molecule has 2 heterocycles. The molecule has 4 aromatic rings. The molecule has 0 radical (unpaired) electrons. The van der Waals surface area contributed by atoms with Crippen molar-refractivity contribution >= 4 is 53.2 Å². The average Bonchev–Trinajstić information content (AvgIpc) is 3.14. The number of imidazole rings is 1. The van der Waals surface area contributed by atoms with Crippen LogP contribution in [0.4, 0.5) is 10.8 Å². The van der Waals surface area contributed by atoms with Crippen molar-refractivity contribution in [2.45, 2.75) is 11.8 Å². The van der Waals surface area contributed by atoms with Gasteiger partial charge in [-0.2, -0.15) is 0 Å². The van der Waals surface area contributed by atoms with Crippen LogP contribution in [0, 0.1) is 6.92 Å². The second-order valence-corrected chi connectivity index (χ2v) is 9.32. The van der Waals surface area contributed by atoms with Gasteiger partial charge in [-0.1, -0.05) is 11.3 Å². The molecule has 0 atom stereocenters. The van der Waals surface area contributed by atoms with Crippen LogP contribution in [0.3, 0.4) is 0 Å². The van der Waals surface area contributed by atoms with Crippen LogP contribution in [0.15, 0.2) is 35.2 Å². The molecule has 0 unspecified atom stereocenters. The summed E-state index contributed by atoms with van der Waals surface area (Å²) >= 11 is 1.49. The average molecular weight is 403 g/mol. The molecule has 0 aliphatic rings. The monoisotopic (exact) mass is 402 g/mol. The van der Waals surface area contributed by atoms with Crippen molar-refractivity contribution in [3.63, 3.8) is 0 Å². The fourth-order valence-electron chi connectivity index (χ4n) is 2.99. The maximum atomic E-state index is 11.9. The van der Waals surface area contributed by atoms with Gasteiger partial charge < -0.3 is 14.6 Å². The van der Waals surface area contributed by atoms with Crippen LogP contribution in [-0.4, -0.2) is 36.3 Å². The number of thiazole rings is 1. The number of aromatic nitrogens is 3. The van der Waals surface area contributed by atoms with Gasteiger partial charge >= 0.3 is 0 Å². The number of aryl methyl sites for hydroxylation is 2. The van der Waals surface area contributed by atoms with Gasteiger partial charge in [-0.05, 0) is 37.3 Å². The standard InChI is InChI=1S/C18H18N4O3S2/c1-10-19-12-6-8-15-16(17(12)22(10)2)21-18(26-15)20-13-9-11(27(4,23)24)5-7-14(13)25-3/h5-9H,1-4H3,(H,20,21). The first-order chi connectivity index (χ1) is 12.8. The van der Waals surface area contributed by atoms with E-state index in [1.165, 1.54) is 23.7 Å². The third kappa shape index (κ3) is 3.02. The van der Waals surface area contributed by atoms with E-state index in [1.54, 1.807) is 19.2 Å². The van der Waals surface area contributed by atoms with Gasteiger partial charge in [-0.25, -0.2) is 18.4 Å². The van der Waals surface area contributed by atoms with Gasteiger partial charge in [0.15, 0.2) is 15.0 Å². The van der Waals surface area contributed by atoms with Crippen molar-refractivity contribution in [3.05, 3.63) is 36.2 Å². The highest BCUT2D eigenvalue weighted by molar-refractivity contribution is 7.90. The molecular weight excluding hydrogens is 384 g/mol. The molecule has 140 valence electrons. The van der Waals surface area contributed by atoms with Crippen LogP contribution in [0.2, 0.25) is 0 Å². The Morgan fingerprint density at radius 1 is 1.19 bits per heavy atom. The van der Waals surface area contributed by atoms with Gasteiger partial charge in [0, 0.05) is 13.3 Å². The van der Waals surface area contributed by atoms with Crippen molar-refractivity contribution in [2.24, 2.45) is 7.05 Å². The summed E-state index contributed by atoms with van der Waals surface area (Å²) < 4.78 is 32.1. The van der Waals surface area contributed by atoms with E-state index in [2.05, 4.69) is 10.3 Å². The SMILES string of the molecule is COc1ccc(S(C)(=O)=O)cc1Nc1nc2c(ccc3nc(C)n(C)c32)s1. The summed E-state index contributed by atoms with van der Waals surface area (Å²) in [7, 11) is 0.187. The number of fused-ring (bicyclic) bond motifs is 3. The van der Waals surface area contributed by atoms with Crippen molar-refractivity contribution in [2.75, 3.05) is 18.7 Å². The van der Waals surface area contributed by atoms with Crippen LogP contribution in [0.5, 0.6) is 5.75 Å². The normalized spacial score (nSPS) is 12.0. The fraction of sp³-hybridized carbons (Fsp3) is 0.222. The number of ether oxygens (including phenoxy) is 1. The molecule has 4 rings (SSSR count). The number of hydrogen-bond acceptors (Lipinski definition) is 7. The molecule has 7 nitrogen and oxygen atoms in total. The molecule has 0 saturated carbocycles. The quantitative estimate of drug-likeness (QED) is 0.561. The van der Waals surface area contributed by atoms with E-state index in [0.717, 1.165) is 27.1 Å².